The van der Waals surface area contributed by atoms with Crippen molar-refractivity contribution >= 4 is 0 Å². The summed E-state index contributed by atoms with van der Waals surface area (Å²) < 4.78 is 37.6. The first kappa shape index (κ1) is 15.0. The van der Waals surface area contributed by atoms with Gasteiger partial charge in [-0.1, -0.05) is 39.0 Å². The first-order valence-electron chi connectivity index (χ1n) is 6.24. The molecular weight excluding hydrogens is 239 g/mol. The molecule has 18 heavy (non-hydrogen) atoms. The van der Waals surface area contributed by atoms with Gasteiger partial charge in [-0.3, -0.25) is 0 Å². The molecule has 0 aliphatic rings. The van der Waals surface area contributed by atoms with Crippen LogP contribution in [0, 0.1) is 5.92 Å². The van der Waals surface area contributed by atoms with Crippen LogP contribution in [0.2, 0.25) is 0 Å². The molecule has 1 rings (SSSR count). The second-order valence-electron chi connectivity index (χ2n) is 4.84. The molecule has 0 spiro atoms. The molecule has 1 nitrogen and oxygen atoms in total. The predicted octanol–water partition coefficient (Wildman–Crippen LogP) is 4.23. The lowest BCUT2D eigenvalue weighted by Crippen LogP contribution is -2.32. The van der Waals surface area contributed by atoms with Crippen LogP contribution in [0.5, 0.6) is 0 Å². The number of hydrogen-bond acceptors (Lipinski definition) is 1. The summed E-state index contributed by atoms with van der Waals surface area (Å²) in [6.07, 6.45) is -3.30. The van der Waals surface area contributed by atoms with Gasteiger partial charge in [0.1, 0.15) is 0 Å². The Morgan fingerprint density at radius 3 is 2.39 bits per heavy atom. The Morgan fingerprint density at radius 2 is 1.89 bits per heavy atom. The van der Waals surface area contributed by atoms with E-state index in [-0.39, 0.29) is 0 Å². The Hall–Kier alpha value is -1.03. The molecule has 1 aromatic carbocycles. The van der Waals surface area contributed by atoms with Crippen molar-refractivity contribution in [2.24, 2.45) is 5.92 Å². The number of nitrogens with one attached hydrogen (secondary N) is 1. The van der Waals surface area contributed by atoms with E-state index in [9.17, 15) is 13.2 Å². The SMILES string of the molecule is CCC(NCc1cccc(C(F)(F)F)c1)C(C)C. The van der Waals surface area contributed by atoms with Crippen LogP contribution in [0.3, 0.4) is 0 Å². The van der Waals surface area contributed by atoms with Gasteiger partial charge in [0.2, 0.25) is 0 Å². The molecule has 102 valence electrons. The van der Waals surface area contributed by atoms with Crippen molar-refractivity contribution in [2.75, 3.05) is 0 Å². The first-order valence-corrected chi connectivity index (χ1v) is 6.24. The minimum Gasteiger partial charge on any atom is -0.310 e. The fourth-order valence-electron chi connectivity index (χ4n) is 1.96. The molecule has 0 fully saturated rings. The highest BCUT2D eigenvalue weighted by Crippen LogP contribution is 2.29. The minimum atomic E-state index is -4.27. The van der Waals surface area contributed by atoms with E-state index < -0.39 is 11.7 Å². The topological polar surface area (TPSA) is 12.0 Å². The summed E-state index contributed by atoms with van der Waals surface area (Å²) in [6, 6.07) is 5.81. The van der Waals surface area contributed by atoms with Gasteiger partial charge in [0.25, 0.3) is 0 Å². The molecule has 1 N–H and O–H groups in total. The van der Waals surface area contributed by atoms with Gasteiger partial charge in [-0.2, -0.15) is 13.2 Å². The van der Waals surface area contributed by atoms with Crippen LogP contribution in [-0.2, 0) is 12.7 Å². The number of halogens is 3. The second kappa shape index (κ2) is 6.23. The molecule has 0 heterocycles. The lowest BCUT2D eigenvalue weighted by Gasteiger charge is -2.21. The fourth-order valence-corrected chi connectivity index (χ4v) is 1.96. The molecule has 1 atom stereocenters. The summed E-state index contributed by atoms with van der Waals surface area (Å²) >= 11 is 0. The van der Waals surface area contributed by atoms with E-state index in [4.69, 9.17) is 0 Å². The number of rotatable bonds is 5. The average Bonchev–Trinajstić information content (AvgIpc) is 2.28. The molecule has 0 amide bonds. The normalized spacial score (nSPS) is 13.9. The maximum Gasteiger partial charge on any atom is 0.416 e. The second-order valence-corrected chi connectivity index (χ2v) is 4.84. The summed E-state index contributed by atoms with van der Waals surface area (Å²) in [5, 5.41) is 3.30. The van der Waals surface area contributed by atoms with Gasteiger partial charge in [-0.25, -0.2) is 0 Å². The van der Waals surface area contributed by atoms with Crippen LogP contribution in [0.4, 0.5) is 13.2 Å². The molecule has 0 saturated carbocycles. The molecule has 4 heteroatoms. The van der Waals surface area contributed by atoms with E-state index in [0.29, 0.717) is 24.1 Å². The van der Waals surface area contributed by atoms with E-state index in [2.05, 4.69) is 26.1 Å². The van der Waals surface area contributed by atoms with E-state index in [1.807, 2.05) is 0 Å². The number of hydrogen-bond donors (Lipinski definition) is 1. The third-order valence-corrected chi connectivity index (χ3v) is 3.07. The summed E-state index contributed by atoms with van der Waals surface area (Å²) in [6.45, 7) is 6.75. The van der Waals surface area contributed by atoms with Gasteiger partial charge in [0.05, 0.1) is 5.56 Å². The van der Waals surface area contributed by atoms with Crippen molar-refractivity contribution in [3.8, 4) is 0 Å². The zero-order valence-corrected chi connectivity index (χ0v) is 11.0. The smallest absolute Gasteiger partial charge is 0.310 e. The minimum absolute atomic E-state index is 0.333. The zero-order chi connectivity index (χ0) is 13.8. The molecule has 0 aliphatic carbocycles. The summed E-state index contributed by atoms with van der Waals surface area (Å²) in [7, 11) is 0. The Bertz CT molecular complexity index is 372. The fraction of sp³-hybridized carbons (Fsp3) is 0.571. The summed E-state index contributed by atoms with van der Waals surface area (Å²) in [5.74, 6) is 0.473. The Morgan fingerprint density at radius 1 is 1.22 bits per heavy atom. The average molecular weight is 259 g/mol. The van der Waals surface area contributed by atoms with Gasteiger partial charge in [-0.15, -0.1) is 0 Å². The van der Waals surface area contributed by atoms with E-state index in [0.717, 1.165) is 12.5 Å². The standard InChI is InChI=1S/C14H20F3N/c1-4-13(10(2)3)18-9-11-6-5-7-12(8-11)14(15,16)17/h5-8,10,13,18H,4,9H2,1-3H3. The highest BCUT2D eigenvalue weighted by atomic mass is 19.4. The van der Waals surface area contributed by atoms with Crippen molar-refractivity contribution in [1.29, 1.82) is 0 Å². The van der Waals surface area contributed by atoms with Gasteiger partial charge >= 0.3 is 6.18 Å². The number of benzene rings is 1. The Labute approximate surface area is 106 Å². The largest absolute Gasteiger partial charge is 0.416 e. The van der Waals surface area contributed by atoms with E-state index in [1.54, 1.807) is 6.07 Å². The summed E-state index contributed by atoms with van der Waals surface area (Å²) in [4.78, 5) is 0. The molecule has 0 radical (unpaired) electrons. The van der Waals surface area contributed by atoms with Crippen molar-refractivity contribution in [2.45, 2.75) is 46.0 Å². The van der Waals surface area contributed by atoms with Crippen LogP contribution < -0.4 is 5.32 Å². The molecule has 1 unspecified atom stereocenters. The highest BCUT2D eigenvalue weighted by Gasteiger charge is 2.30. The zero-order valence-electron chi connectivity index (χ0n) is 11.0. The van der Waals surface area contributed by atoms with Crippen LogP contribution in [0.15, 0.2) is 24.3 Å². The van der Waals surface area contributed by atoms with Gasteiger partial charge in [0.15, 0.2) is 0 Å². The molecule has 0 saturated heterocycles. The van der Waals surface area contributed by atoms with Crippen LogP contribution in [-0.4, -0.2) is 6.04 Å². The van der Waals surface area contributed by atoms with Crippen molar-refractivity contribution in [1.82, 2.24) is 5.32 Å². The van der Waals surface area contributed by atoms with Crippen LogP contribution >= 0.6 is 0 Å². The van der Waals surface area contributed by atoms with Gasteiger partial charge in [0, 0.05) is 12.6 Å². The van der Waals surface area contributed by atoms with Crippen LogP contribution in [0.1, 0.15) is 38.3 Å². The van der Waals surface area contributed by atoms with E-state index in [1.165, 1.54) is 12.1 Å². The molecule has 0 bridgehead atoms. The van der Waals surface area contributed by atoms with Crippen molar-refractivity contribution < 1.29 is 13.2 Å². The highest BCUT2D eigenvalue weighted by molar-refractivity contribution is 5.25. The third-order valence-electron chi connectivity index (χ3n) is 3.07. The first-order chi connectivity index (χ1) is 8.34. The molecular formula is C14H20F3N. The quantitative estimate of drug-likeness (QED) is 0.834. The lowest BCUT2D eigenvalue weighted by atomic mass is 10.0. The maximum absolute atomic E-state index is 12.5. The third kappa shape index (κ3) is 4.33. The van der Waals surface area contributed by atoms with Crippen molar-refractivity contribution in [3.05, 3.63) is 35.4 Å². The Kier molecular flexibility index (Phi) is 5.20. The lowest BCUT2D eigenvalue weighted by molar-refractivity contribution is -0.137. The van der Waals surface area contributed by atoms with Gasteiger partial charge < -0.3 is 5.32 Å². The number of alkyl halides is 3. The molecule has 1 aromatic rings. The molecule has 0 aliphatic heterocycles. The monoisotopic (exact) mass is 259 g/mol. The van der Waals surface area contributed by atoms with Gasteiger partial charge in [-0.05, 0) is 24.0 Å². The predicted molar refractivity (Wildman–Crippen MR) is 67.2 cm³/mol. The van der Waals surface area contributed by atoms with E-state index >= 15 is 0 Å². The van der Waals surface area contributed by atoms with Crippen molar-refractivity contribution in [3.63, 3.8) is 0 Å². The summed E-state index contributed by atoms with van der Waals surface area (Å²) in [5.41, 5.74) is 0.0864. The molecule has 0 aromatic heterocycles. The Balaban J connectivity index is 2.68. The maximum atomic E-state index is 12.5. The van der Waals surface area contributed by atoms with Crippen LogP contribution in [0.25, 0.3) is 0 Å².